The number of fused-ring (bicyclic) bond motifs is 1. The third kappa shape index (κ3) is 5.26. The summed E-state index contributed by atoms with van der Waals surface area (Å²) in [6, 6.07) is 8.44. The van der Waals surface area contributed by atoms with Crippen molar-refractivity contribution >= 4 is 61.5 Å². The average molecular weight is 447 g/mol. The highest BCUT2D eigenvalue weighted by Gasteiger charge is 2.10. The standard InChI is InChI=1S/C19H18N4O5S2/c1-12(24)20-13-3-6-15-16(11-13)30-19(22(15)9-10-28-2)21-17(25)7-4-14-5-8-18(29-14)23(26)27/h3-8,11H,9-10H2,1-2H3,(H,20,24)/b7-4-,21-19?. The molecule has 0 saturated carbocycles. The van der Waals surface area contributed by atoms with Gasteiger partial charge >= 0.3 is 5.00 Å². The number of thiazole rings is 1. The lowest BCUT2D eigenvalue weighted by Crippen LogP contribution is -2.18. The number of hydrogen-bond donors (Lipinski definition) is 1. The van der Waals surface area contributed by atoms with E-state index in [9.17, 15) is 19.7 Å². The number of hydrogen-bond acceptors (Lipinski definition) is 7. The van der Waals surface area contributed by atoms with E-state index in [-0.39, 0.29) is 10.9 Å². The van der Waals surface area contributed by atoms with E-state index in [2.05, 4.69) is 10.3 Å². The van der Waals surface area contributed by atoms with Crippen LogP contribution >= 0.6 is 22.7 Å². The van der Waals surface area contributed by atoms with Crippen LogP contribution in [0.1, 0.15) is 11.8 Å². The molecule has 2 amide bonds. The number of amides is 2. The molecule has 2 heterocycles. The van der Waals surface area contributed by atoms with Crippen LogP contribution in [0.2, 0.25) is 0 Å². The molecule has 1 aromatic carbocycles. The molecule has 0 bridgehead atoms. The van der Waals surface area contributed by atoms with Crippen molar-refractivity contribution in [3.8, 4) is 0 Å². The van der Waals surface area contributed by atoms with Crippen molar-refractivity contribution < 1.29 is 19.2 Å². The summed E-state index contributed by atoms with van der Waals surface area (Å²) in [5.74, 6) is -0.650. The predicted octanol–water partition coefficient (Wildman–Crippen LogP) is 3.42. The van der Waals surface area contributed by atoms with Crippen molar-refractivity contribution in [2.24, 2.45) is 4.99 Å². The molecule has 0 aliphatic carbocycles. The smallest absolute Gasteiger partial charge is 0.324 e. The van der Waals surface area contributed by atoms with E-state index in [0.717, 1.165) is 21.6 Å². The van der Waals surface area contributed by atoms with Gasteiger partial charge in [0.15, 0.2) is 4.80 Å². The molecular weight excluding hydrogens is 428 g/mol. The number of ether oxygens (including phenoxy) is 1. The molecule has 30 heavy (non-hydrogen) atoms. The number of nitro groups is 1. The van der Waals surface area contributed by atoms with E-state index in [0.29, 0.717) is 28.5 Å². The fourth-order valence-electron chi connectivity index (χ4n) is 2.65. The van der Waals surface area contributed by atoms with Gasteiger partial charge in [-0.1, -0.05) is 22.7 Å². The van der Waals surface area contributed by atoms with Crippen LogP contribution in [0.5, 0.6) is 0 Å². The molecule has 1 N–H and O–H groups in total. The van der Waals surface area contributed by atoms with Gasteiger partial charge in [-0.25, -0.2) is 0 Å². The van der Waals surface area contributed by atoms with Gasteiger partial charge < -0.3 is 14.6 Å². The average Bonchev–Trinajstić information content (AvgIpc) is 3.28. The molecule has 0 atom stereocenters. The maximum Gasteiger partial charge on any atom is 0.324 e. The van der Waals surface area contributed by atoms with Crippen LogP contribution in [0, 0.1) is 10.1 Å². The van der Waals surface area contributed by atoms with Gasteiger partial charge in [0.2, 0.25) is 5.91 Å². The Bertz CT molecular complexity index is 1210. The molecular formula is C19H18N4O5S2. The zero-order valence-corrected chi connectivity index (χ0v) is 17.8. The first-order valence-corrected chi connectivity index (χ1v) is 10.4. The summed E-state index contributed by atoms with van der Waals surface area (Å²) in [5, 5.41) is 13.5. The Morgan fingerprint density at radius 3 is 2.77 bits per heavy atom. The van der Waals surface area contributed by atoms with Crippen molar-refractivity contribution in [3.63, 3.8) is 0 Å². The Balaban J connectivity index is 1.93. The molecule has 0 unspecified atom stereocenters. The van der Waals surface area contributed by atoms with E-state index in [1.54, 1.807) is 19.2 Å². The van der Waals surface area contributed by atoms with Crippen molar-refractivity contribution in [1.29, 1.82) is 0 Å². The number of aromatic nitrogens is 1. The quantitative estimate of drug-likeness (QED) is 0.339. The molecule has 3 aromatic rings. The lowest BCUT2D eigenvalue weighted by Gasteiger charge is -2.05. The van der Waals surface area contributed by atoms with Crippen molar-refractivity contribution in [1.82, 2.24) is 4.57 Å². The molecule has 3 rings (SSSR count). The topological polar surface area (TPSA) is 116 Å². The number of anilines is 1. The highest BCUT2D eigenvalue weighted by atomic mass is 32.1. The fraction of sp³-hybridized carbons (Fsp3) is 0.211. The Labute approximate surface area is 179 Å². The lowest BCUT2D eigenvalue weighted by atomic mass is 10.3. The predicted molar refractivity (Wildman–Crippen MR) is 117 cm³/mol. The van der Waals surface area contributed by atoms with E-state index >= 15 is 0 Å². The van der Waals surface area contributed by atoms with Crippen LogP contribution in [-0.2, 0) is 20.9 Å². The van der Waals surface area contributed by atoms with E-state index in [1.165, 1.54) is 36.5 Å². The highest BCUT2D eigenvalue weighted by molar-refractivity contribution is 7.16. The Morgan fingerprint density at radius 1 is 1.30 bits per heavy atom. The summed E-state index contributed by atoms with van der Waals surface area (Å²) in [5.41, 5.74) is 1.53. The van der Waals surface area contributed by atoms with Gasteiger partial charge in [0.25, 0.3) is 5.91 Å². The van der Waals surface area contributed by atoms with Gasteiger partial charge in [0.1, 0.15) is 0 Å². The summed E-state index contributed by atoms with van der Waals surface area (Å²) >= 11 is 2.30. The number of carbonyl (C=O) groups excluding carboxylic acids is 2. The normalized spacial score (nSPS) is 12.0. The number of rotatable bonds is 7. The van der Waals surface area contributed by atoms with Crippen LogP contribution in [0.4, 0.5) is 10.7 Å². The largest absolute Gasteiger partial charge is 0.383 e. The molecule has 11 heteroatoms. The van der Waals surface area contributed by atoms with Crippen molar-refractivity contribution in [2.45, 2.75) is 13.5 Å². The van der Waals surface area contributed by atoms with Gasteiger partial charge in [-0.05, 0) is 30.3 Å². The van der Waals surface area contributed by atoms with Gasteiger partial charge in [-0.3, -0.25) is 19.7 Å². The summed E-state index contributed by atoms with van der Waals surface area (Å²) in [4.78, 5) is 39.2. The summed E-state index contributed by atoms with van der Waals surface area (Å²) in [6.07, 6.45) is 2.79. The van der Waals surface area contributed by atoms with Crippen LogP contribution in [0.25, 0.3) is 16.3 Å². The Morgan fingerprint density at radius 2 is 2.10 bits per heavy atom. The van der Waals surface area contributed by atoms with Crippen molar-refractivity contribution in [2.75, 3.05) is 19.0 Å². The fourth-order valence-corrected chi connectivity index (χ4v) is 4.48. The molecule has 0 aliphatic rings. The van der Waals surface area contributed by atoms with Crippen LogP contribution in [-0.4, -0.2) is 35.0 Å². The molecule has 0 radical (unpaired) electrons. The first kappa shape index (κ1) is 21.6. The zero-order valence-electron chi connectivity index (χ0n) is 16.2. The Kier molecular flexibility index (Phi) is 6.87. The first-order valence-electron chi connectivity index (χ1n) is 8.78. The van der Waals surface area contributed by atoms with Gasteiger partial charge in [0, 0.05) is 43.3 Å². The molecule has 0 fully saturated rings. The minimum atomic E-state index is -0.481. The van der Waals surface area contributed by atoms with Gasteiger partial charge in [-0.15, -0.1) is 0 Å². The lowest BCUT2D eigenvalue weighted by molar-refractivity contribution is -0.380. The molecule has 0 aliphatic heterocycles. The second-order valence-corrected chi connectivity index (χ2v) is 8.21. The second kappa shape index (κ2) is 9.57. The Hall–Kier alpha value is -3.15. The number of nitrogens with zero attached hydrogens (tertiary/aromatic N) is 3. The van der Waals surface area contributed by atoms with E-state index in [4.69, 9.17) is 4.74 Å². The third-order valence-corrected chi connectivity index (χ3v) is 5.95. The molecule has 9 nitrogen and oxygen atoms in total. The maximum atomic E-state index is 12.4. The van der Waals surface area contributed by atoms with Gasteiger partial charge in [-0.2, -0.15) is 4.99 Å². The number of methoxy groups -OCH3 is 1. The van der Waals surface area contributed by atoms with E-state index in [1.807, 2.05) is 16.7 Å². The maximum absolute atomic E-state index is 12.4. The van der Waals surface area contributed by atoms with Gasteiger partial charge in [0.05, 0.1) is 21.7 Å². The van der Waals surface area contributed by atoms with Crippen molar-refractivity contribution in [3.05, 3.63) is 56.2 Å². The number of benzene rings is 1. The third-order valence-electron chi connectivity index (χ3n) is 3.91. The molecule has 2 aromatic heterocycles. The zero-order chi connectivity index (χ0) is 21.7. The molecule has 0 spiro atoms. The summed E-state index contributed by atoms with van der Waals surface area (Å²) in [7, 11) is 1.59. The summed E-state index contributed by atoms with van der Waals surface area (Å²) in [6.45, 7) is 2.38. The first-order chi connectivity index (χ1) is 14.4. The number of thiophene rings is 1. The van der Waals surface area contributed by atoms with Crippen LogP contribution in [0.15, 0.2) is 41.4 Å². The van der Waals surface area contributed by atoms with Crippen LogP contribution < -0.4 is 10.1 Å². The second-order valence-electron chi connectivity index (χ2n) is 6.11. The van der Waals surface area contributed by atoms with E-state index < -0.39 is 10.8 Å². The van der Waals surface area contributed by atoms with Crippen LogP contribution in [0.3, 0.4) is 0 Å². The highest BCUT2D eigenvalue weighted by Crippen LogP contribution is 2.25. The molecule has 156 valence electrons. The monoisotopic (exact) mass is 446 g/mol. The molecule has 0 saturated heterocycles. The summed E-state index contributed by atoms with van der Waals surface area (Å²) < 4.78 is 7.90. The minimum absolute atomic E-state index is 0.0101. The number of nitrogens with one attached hydrogen (secondary N) is 1. The SMILES string of the molecule is COCCn1c(=NC(=O)/C=C\c2ccc([N+](=O)[O-])s2)sc2cc(NC(C)=O)ccc21. The number of carbonyl (C=O) groups is 2. The minimum Gasteiger partial charge on any atom is -0.383 e.